The summed E-state index contributed by atoms with van der Waals surface area (Å²) in [6, 6.07) is 4.86. The van der Waals surface area contributed by atoms with Crippen molar-refractivity contribution in [1.29, 1.82) is 0 Å². The van der Waals surface area contributed by atoms with E-state index in [1.54, 1.807) is 10.7 Å². The first kappa shape index (κ1) is 21.7. The Morgan fingerprint density at radius 1 is 1.28 bits per heavy atom. The number of carbonyl (C=O) groups excluding carboxylic acids is 1. The van der Waals surface area contributed by atoms with Gasteiger partial charge in [-0.1, -0.05) is 5.21 Å². The fourth-order valence-electron chi connectivity index (χ4n) is 3.52. The molecule has 1 aromatic carbocycles. The first-order valence-corrected chi connectivity index (χ1v) is 11.5. The summed E-state index contributed by atoms with van der Waals surface area (Å²) in [5, 5.41) is 10.9. The summed E-state index contributed by atoms with van der Waals surface area (Å²) in [4.78, 5) is 14.6. The third-order valence-electron chi connectivity index (χ3n) is 5.18. The van der Waals surface area contributed by atoms with Crippen LogP contribution in [0.4, 0.5) is 0 Å². The largest absolute Gasteiger partial charge is 0.355 e. The molecule has 2 heterocycles. The number of carbonyl (C=O) groups is 1. The molecule has 29 heavy (non-hydrogen) atoms. The van der Waals surface area contributed by atoms with Crippen LogP contribution in [0.5, 0.6) is 0 Å². The van der Waals surface area contributed by atoms with E-state index in [1.807, 2.05) is 13.8 Å². The maximum absolute atomic E-state index is 12.8. The number of fused-ring (bicyclic) bond motifs is 1. The molecule has 0 atom stereocenters. The number of likely N-dealkylation sites (tertiary alicyclic amines) is 1. The first-order valence-electron chi connectivity index (χ1n) is 10.1. The number of nitrogens with one attached hydrogen (secondary N) is 1. The molecule has 1 N–H and O–H groups in total. The van der Waals surface area contributed by atoms with Crippen LogP contribution in [0.1, 0.15) is 39.2 Å². The number of benzene rings is 1. The third kappa shape index (κ3) is 5.12. The predicted octanol–water partition coefficient (Wildman–Crippen LogP) is 1.23. The zero-order valence-corrected chi connectivity index (χ0v) is 18.2. The van der Waals surface area contributed by atoms with Gasteiger partial charge in [-0.15, -0.1) is 5.10 Å². The Labute approximate surface area is 172 Å². The SMILES string of the molecule is CC(C)n1nnc2cc(S(=O)(=O)N(C)CC(=O)NCCCN3CCCC3)ccc21. The number of nitrogens with zero attached hydrogens (tertiary/aromatic N) is 5. The molecular formula is C19H30N6O3S. The molecule has 0 radical (unpaired) electrons. The van der Waals surface area contributed by atoms with Gasteiger partial charge in [0.25, 0.3) is 0 Å². The lowest BCUT2D eigenvalue weighted by Gasteiger charge is -2.18. The van der Waals surface area contributed by atoms with Crippen molar-refractivity contribution in [2.45, 2.75) is 44.0 Å². The second kappa shape index (κ2) is 9.19. The summed E-state index contributed by atoms with van der Waals surface area (Å²) in [7, 11) is -2.38. The van der Waals surface area contributed by atoms with Gasteiger partial charge in [0.2, 0.25) is 15.9 Å². The molecule has 2 aromatic rings. The van der Waals surface area contributed by atoms with Gasteiger partial charge in [0.1, 0.15) is 5.52 Å². The zero-order chi connectivity index (χ0) is 21.0. The molecule has 0 aliphatic carbocycles. The van der Waals surface area contributed by atoms with Crippen molar-refractivity contribution in [3.8, 4) is 0 Å². The van der Waals surface area contributed by atoms with E-state index in [-0.39, 0.29) is 23.4 Å². The minimum atomic E-state index is -3.79. The fourth-order valence-corrected chi connectivity index (χ4v) is 4.67. The summed E-state index contributed by atoms with van der Waals surface area (Å²) < 4.78 is 28.5. The highest BCUT2D eigenvalue weighted by atomic mass is 32.2. The predicted molar refractivity (Wildman–Crippen MR) is 111 cm³/mol. The van der Waals surface area contributed by atoms with E-state index in [4.69, 9.17) is 0 Å². The van der Waals surface area contributed by atoms with Crippen LogP contribution in [-0.2, 0) is 14.8 Å². The van der Waals surface area contributed by atoms with E-state index >= 15 is 0 Å². The van der Waals surface area contributed by atoms with E-state index in [9.17, 15) is 13.2 Å². The van der Waals surface area contributed by atoms with Gasteiger partial charge >= 0.3 is 0 Å². The highest BCUT2D eigenvalue weighted by Gasteiger charge is 2.24. The summed E-state index contributed by atoms with van der Waals surface area (Å²) in [5.41, 5.74) is 1.29. The zero-order valence-electron chi connectivity index (χ0n) is 17.3. The van der Waals surface area contributed by atoms with Gasteiger partial charge in [-0.05, 0) is 70.9 Å². The molecule has 0 unspecified atom stereocenters. The van der Waals surface area contributed by atoms with E-state index in [0.29, 0.717) is 12.1 Å². The standard InChI is InChI=1S/C19H30N6O3S/c1-15(2)25-18-8-7-16(13-17(18)21-22-25)29(27,28)23(3)14-19(26)20-9-6-12-24-10-4-5-11-24/h7-8,13,15H,4-6,9-12,14H2,1-3H3,(H,20,26). The molecule has 1 saturated heterocycles. The first-order chi connectivity index (χ1) is 13.8. The van der Waals surface area contributed by atoms with Gasteiger partial charge in [0.15, 0.2) is 0 Å². The molecule has 9 nitrogen and oxygen atoms in total. The van der Waals surface area contributed by atoms with Gasteiger partial charge in [-0.2, -0.15) is 4.31 Å². The Morgan fingerprint density at radius 2 is 2.00 bits per heavy atom. The van der Waals surface area contributed by atoms with Crippen molar-refractivity contribution in [3.05, 3.63) is 18.2 Å². The van der Waals surface area contributed by atoms with Crippen molar-refractivity contribution >= 4 is 27.0 Å². The monoisotopic (exact) mass is 422 g/mol. The lowest BCUT2D eigenvalue weighted by Crippen LogP contribution is -2.39. The smallest absolute Gasteiger partial charge is 0.243 e. The molecule has 0 spiro atoms. The average molecular weight is 423 g/mol. The Balaban J connectivity index is 1.56. The number of likely N-dealkylation sites (N-methyl/N-ethyl adjacent to an activating group) is 1. The highest BCUT2D eigenvalue weighted by Crippen LogP contribution is 2.21. The van der Waals surface area contributed by atoms with Gasteiger partial charge in [0.05, 0.1) is 17.0 Å². The van der Waals surface area contributed by atoms with Gasteiger partial charge in [0, 0.05) is 19.6 Å². The Bertz CT molecular complexity index is 950. The van der Waals surface area contributed by atoms with Gasteiger partial charge in [-0.3, -0.25) is 4.79 Å². The molecule has 1 aliphatic heterocycles. The van der Waals surface area contributed by atoms with Crippen LogP contribution < -0.4 is 5.32 Å². The second-order valence-electron chi connectivity index (χ2n) is 7.79. The Kier molecular flexibility index (Phi) is 6.86. The van der Waals surface area contributed by atoms with Crippen LogP contribution in [-0.4, -0.2) is 78.3 Å². The number of aromatic nitrogens is 3. The molecule has 3 rings (SSSR count). The minimum absolute atomic E-state index is 0.102. The van der Waals surface area contributed by atoms with Crippen molar-refractivity contribution < 1.29 is 13.2 Å². The summed E-state index contributed by atoms with van der Waals surface area (Å²) in [6.07, 6.45) is 3.35. The molecule has 1 aliphatic rings. The van der Waals surface area contributed by atoms with Crippen molar-refractivity contribution in [2.24, 2.45) is 0 Å². The molecule has 0 bridgehead atoms. The topological polar surface area (TPSA) is 100 Å². The van der Waals surface area contributed by atoms with E-state index in [1.165, 1.54) is 32.0 Å². The quantitative estimate of drug-likeness (QED) is 0.610. The lowest BCUT2D eigenvalue weighted by atomic mass is 10.3. The number of rotatable bonds is 9. The number of hydrogen-bond acceptors (Lipinski definition) is 6. The second-order valence-corrected chi connectivity index (χ2v) is 9.84. The van der Waals surface area contributed by atoms with Crippen LogP contribution in [0.3, 0.4) is 0 Å². The number of hydrogen-bond donors (Lipinski definition) is 1. The fraction of sp³-hybridized carbons (Fsp3) is 0.632. The van der Waals surface area contributed by atoms with Crippen molar-refractivity contribution in [3.63, 3.8) is 0 Å². The molecule has 10 heteroatoms. The third-order valence-corrected chi connectivity index (χ3v) is 6.98. The van der Waals surface area contributed by atoms with Crippen LogP contribution in [0.25, 0.3) is 11.0 Å². The Hall–Kier alpha value is -2.04. The van der Waals surface area contributed by atoms with Crippen molar-refractivity contribution in [1.82, 2.24) is 29.5 Å². The van der Waals surface area contributed by atoms with Crippen LogP contribution in [0, 0.1) is 0 Å². The molecule has 1 fully saturated rings. The molecular weight excluding hydrogens is 392 g/mol. The van der Waals surface area contributed by atoms with E-state index < -0.39 is 10.0 Å². The highest BCUT2D eigenvalue weighted by molar-refractivity contribution is 7.89. The van der Waals surface area contributed by atoms with Crippen LogP contribution in [0.15, 0.2) is 23.1 Å². The van der Waals surface area contributed by atoms with Crippen molar-refractivity contribution in [2.75, 3.05) is 39.8 Å². The van der Waals surface area contributed by atoms with Gasteiger partial charge < -0.3 is 10.2 Å². The number of sulfonamides is 1. The van der Waals surface area contributed by atoms with Crippen LogP contribution >= 0.6 is 0 Å². The minimum Gasteiger partial charge on any atom is -0.355 e. The lowest BCUT2D eigenvalue weighted by molar-refractivity contribution is -0.121. The molecule has 160 valence electrons. The van der Waals surface area contributed by atoms with Crippen LogP contribution in [0.2, 0.25) is 0 Å². The van der Waals surface area contributed by atoms with Gasteiger partial charge in [-0.25, -0.2) is 13.1 Å². The maximum Gasteiger partial charge on any atom is 0.243 e. The number of amides is 1. The summed E-state index contributed by atoms with van der Waals surface area (Å²) in [5.74, 6) is -0.302. The maximum atomic E-state index is 12.8. The molecule has 0 saturated carbocycles. The van der Waals surface area contributed by atoms with E-state index in [0.717, 1.165) is 35.9 Å². The summed E-state index contributed by atoms with van der Waals surface area (Å²) in [6.45, 7) is 7.52. The Morgan fingerprint density at radius 3 is 2.69 bits per heavy atom. The molecule has 1 aromatic heterocycles. The summed E-state index contributed by atoms with van der Waals surface area (Å²) >= 11 is 0. The molecule has 1 amide bonds. The van der Waals surface area contributed by atoms with E-state index in [2.05, 4.69) is 20.5 Å². The normalized spacial score (nSPS) is 15.6. The average Bonchev–Trinajstić information content (AvgIpc) is 3.34.